The van der Waals surface area contributed by atoms with Crippen molar-refractivity contribution in [1.29, 1.82) is 0 Å². The van der Waals surface area contributed by atoms with Crippen molar-refractivity contribution in [3.8, 4) is 23.0 Å². The lowest BCUT2D eigenvalue weighted by Gasteiger charge is -2.62. The van der Waals surface area contributed by atoms with E-state index in [1.54, 1.807) is 13.2 Å². The molecule has 278 valence electrons. The first-order valence-electron chi connectivity index (χ1n) is 19.5. The van der Waals surface area contributed by atoms with Gasteiger partial charge in [-0.05, 0) is 112 Å². The first-order chi connectivity index (χ1) is 24.6. The number of methoxy groups -OCH3 is 1. The van der Waals surface area contributed by atoms with Crippen LogP contribution < -0.4 is 14.2 Å². The molecule has 4 bridgehead atoms. The predicted molar refractivity (Wildman–Crippen MR) is 192 cm³/mol. The van der Waals surface area contributed by atoms with Crippen LogP contribution in [0.25, 0.3) is 0 Å². The predicted octanol–water partition coefficient (Wildman–Crippen LogP) is 3.78. The third-order valence-corrected chi connectivity index (χ3v) is 15.3. The van der Waals surface area contributed by atoms with E-state index >= 15 is 0 Å². The largest absolute Gasteiger partial charge is 0.504 e. The van der Waals surface area contributed by atoms with Crippen LogP contribution in [0.3, 0.4) is 0 Å². The van der Waals surface area contributed by atoms with Gasteiger partial charge < -0.3 is 29.5 Å². The Morgan fingerprint density at radius 2 is 1.21 bits per heavy atom. The summed E-state index contributed by atoms with van der Waals surface area (Å²) in [5.41, 5.74) is 1.27. The van der Waals surface area contributed by atoms with Gasteiger partial charge in [-0.2, -0.15) is 0 Å². The number of phenols is 1. The summed E-state index contributed by atoms with van der Waals surface area (Å²) in [6.45, 7) is 3.97. The number of ketones is 2. The molecule has 3 N–H and O–H groups in total. The monoisotopic (exact) mass is 732 g/mol. The number of hydrogen-bond acceptors (Lipinski definition) is 10. The summed E-state index contributed by atoms with van der Waals surface area (Å²) in [5, 5.41) is 34.4. The number of hydrogen-bond donors (Lipinski definition) is 3. The minimum Gasteiger partial charge on any atom is -0.504 e. The van der Waals surface area contributed by atoms with Crippen molar-refractivity contribution in [3.05, 3.63) is 46.5 Å². The summed E-state index contributed by atoms with van der Waals surface area (Å²) < 4.78 is 17.8. The minimum atomic E-state index is -0.940. The van der Waals surface area contributed by atoms with Crippen molar-refractivity contribution in [2.45, 2.75) is 123 Å². The molecule has 52 heavy (non-hydrogen) atoms. The molecule has 6 aliphatic carbocycles. The second-order valence-electron chi connectivity index (χ2n) is 17.6. The Morgan fingerprint density at radius 3 is 1.71 bits per heavy atom. The van der Waals surface area contributed by atoms with E-state index < -0.39 is 34.2 Å². The van der Waals surface area contributed by atoms with E-state index in [1.807, 2.05) is 12.1 Å². The molecule has 2 saturated heterocycles. The molecule has 0 aromatic heterocycles. The average molecular weight is 733 g/mol. The lowest BCUT2D eigenvalue weighted by Crippen LogP contribution is -2.76. The zero-order valence-electron chi connectivity index (χ0n) is 29.8. The van der Waals surface area contributed by atoms with Crippen LogP contribution in [-0.2, 0) is 33.3 Å². The molecule has 12 rings (SSSR count). The number of aliphatic hydroxyl groups is 2. The molecule has 4 saturated carbocycles. The van der Waals surface area contributed by atoms with Crippen LogP contribution in [0.1, 0.15) is 86.5 Å². The molecular formula is C41H49ClN2O8. The molecule has 2 aromatic carbocycles. The van der Waals surface area contributed by atoms with E-state index in [2.05, 4.69) is 15.9 Å². The van der Waals surface area contributed by atoms with Crippen LogP contribution >= 0.6 is 12.4 Å². The van der Waals surface area contributed by atoms with Gasteiger partial charge in [0.05, 0.1) is 29.1 Å². The number of carbonyl (C=O) groups excluding carboxylic acids is 2. The molecule has 10 aliphatic rings. The van der Waals surface area contributed by atoms with E-state index in [9.17, 15) is 24.9 Å². The maximum absolute atomic E-state index is 12.8. The van der Waals surface area contributed by atoms with Gasteiger partial charge in [0.2, 0.25) is 0 Å². The van der Waals surface area contributed by atoms with Crippen LogP contribution in [0.5, 0.6) is 23.0 Å². The van der Waals surface area contributed by atoms with Gasteiger partial charge in [-0.3, -0.25) is 19.4 Å². The number of ether oxygens (including phenoxy) is 3. The van der Waals surface area contributed by atoms with Gasteiger partial charge in [-0.25, -0.2) is 0 Å². The highest BCUT2D eigenvalue weighted by Crippen LogP contribution is 2.66. The number of piperidine rings is 2. The smallest absolute Gasteiger partial charge is 0.174 e. The fraction of sp³-hybridized carbons (Fsp3) is 0.659. The van der Waals surface area contributed by atoms with E-state index in [-0.39, 0.29) is 41.8 Å². The zero-order chi connectivity index (χ0) is 34.7. The SMILES string of the molecule is COc1ccc2c3c1O[C@H]1C(=O)CC[C@@]4(O)[C@@H](C2)N(CC2CC2)CC[C@]314.Cl.O=C1CC[C@@]2(O)[C@H]3Cc4ccc(O)c5c4[C@@]2(CCN3CC2CC2)[C@H]1O5. The highest BCUT2D eigenvalue weighted by atomic mass is 35.5. The number of likely N-dealkylation sites (tertiary alicyclic amines) is 2. The molecule has 0 amide bonds. The fourth-order valence-corrected chi connectivity index (χ4v) is 12.7. The second kappa shape index (κ2) is 11.1. The third-order valence-electron chi connectivity index (χ3n) is 15.3. The Kier molecular flexibility index (Phi) is 7.18. The number of rotatable bonds is 5. The molecule has 0 radical (unpaired) electrons. The first-order valence-corrected chi connectivity index (χ1v) is 19.5. The molecule has 8 atom stereocenters. The van der Waals surface area contributed by atoms with Crippen LogP contribution in [-0.4, -0.2) is 105 Å². The van der Waals surface area contributed by atoms with Gasteiger partial charge in [0.15, 0.2) is 46.8 Å². The molecule has 4 heterocycles. The van der Waals surface area contributed by atoms with Gasteiger partial charge in [0, 0.05) is 49.1 Å². The number of carbonyl (C=O) groups is 2. The van der Waals surface area contributed by atoms with Crippen LogP contribution in [0.15, 0.2) is 24.3 Å². The van der Waals surface area contributed by atoms with Crippen molar-refractivity contribution >= 4 is 24.0 Å². The van der Waals surface area contributed by atoms with Crippen LogP contribution in [0.2, 0.25) is 0 Å². The summed E-state index contributed by atoms with van der Waals surface area (Å²) in [6, 6.07) is 7.85. The van der Waals surface area contributed by atoms with Gasteiger partial charge >= 0.3 is 0 Å². The lowest BCUT2D eigenvalue weighted by molar-refractivity contribution is -0.188. The van der Waals surface area contributed by atoms with Gasteiger partial charge in [-0.1, -0.05) is 12.1 Å². The molecule has 11 heteroatoms. The maximum Gasteiger partial charge on any atom is 0.174 e. The molecule has 2 spiro atoms. The minimum absolute atomic E-state index is 0. The highest BCUT2D eigenvalue weighted by molar-refractivity contribution is 5.91. The van der Waals surface area contributed by atoms with E-state index in [1.165, 1.54) is 31.2 Å². The third kappa shape index (κ3) is 4.06. The van der Waals surface area contributed by atoms with Crippen molar-refractivity contribution in [2.24, 2.45) is 11.8 Å². The molecule has 2 aromatic rings. The Labute approximate surface area is 310 Å². The van der Waals surface area contributed by atoms with E-state index in [0.29, 0.717) is 42.9 Å². The van der Waals surface area contributed by atoms with Gasteiger partial charge in [0.25, 0.3) is 0 Å². The summed E-state index contributed by atoms with van der Waals surface area (Å²) in [6.07, 6.45) is 8.97. The average Bonchev–Trinajstić information content (AvgIpc) is 4.05. The summed E-state index contributed by atoms with van der Waals surface area (Å²) in [5.74, 6) is 3.70. The number of nitrogens with zero attached hydrogens (tertiary/aromatic N) is 2. The summed E-state index contributed by atoms with van der Waals surface area (Å²) in [4.78, 5) is 30.5. The standard InChI is InChI=1S/C21H25NO4.C20H23NO4.ClH/c1-25-15-5-4-13-10-16-21(24)7-6-14(23)19-20(21,17(13)18(15)26-19)8-9-22(16)11-12-2-3-12;22-13-4-3-12-9-15-20(24)6-5-14(23)18-19(20,16(12)17(13)25-18)7-8-21(15)10-11-1-2-11;/h4-5,12,16,19,24H,2-3,6-11H2,1H3;3-4,11,15,18,22,24H,1-2,5-10H2;1H/t16-,19+,20+,21-;15-,18+,19+,20-;/m11./s1. The van der Waals surface area contributed by atoms with Gasteiger partial charge in [0.1, 0.15) is 0 Å². The van der Waals surface area contributed by atoms with Crippen molar-refractivity contribution in [3.63, 3.8) is 0 Å². The number of Topliss-reactive ketones (excluding diaryl/α,β-unsaturated/α-hetero) is 2. The Hall–Kier alpha value is -2.89. The van der Waals surface area contributed by atoms with Crippen molar-refractivity contribution in [2.75, 3.05) is 33.3 Å². The van der Waals surface area contributed by atoms with E-state index in [4.69, 9.17) is 14.2 Å². The van der Waals surface area contributed by atoms with Crippen LogP contribution in [0.4, 0.5) is 0 Å². The molecular weight excluding hydrogens is 684 g/mol. The molecule has 10 nitrogen and oxygen atoms in total. The van der Waals surface area contributed by atoms with E-state index in [0.717, 1.165) is 80.4 Å². The molecule has 6 fully saturated rings. The molecule has 4 aliphatic heterocycles. The number of halogens is 1. The lowest BCUT2D eigenvalue weighted by atomic mass is 9.49. The second-order valence-corrected chi connectivity index (χ2v) is 17.6. The van der Waals surface area contributed by atoms with Crippen molar-refractivity contribution < 1.29 is 39.1 Å². The Balaban J connectivity index is 0.000000128. The van der Waals surface area contributed by atoms with Crippen molar-refractivity contribution in [1.82, 2.24) is 9.80 Å². The first kappa shape index (κ1) is 33.7. The summed E-state index contributed by atoms with van der Waals surface area (Å²) >= 11 is 0. The number of aromatic hydroxyl groups is 1. The molecule has 0 unspecified atom stereocenters. The topological polar surface area (TPSA) is 129 Å². The quantitative estimate of drug-likeness (QED) is 0.418. The van der Waals surface area contributed by atoms with Gasteiger partial charge in [-0.15, -0.1) is 12.4 Å². The summed E-state index contributed by atoms with van der Waals surface area (Å²) in [7, 11) is 1.64. The number of phenolic OH excluding ortho intramolecular Hbond substituents is 1. The van der Waals surface area contributed by atoms with Crippen LogP contribution in [0, 0.1) is 11.8 Å². The maximum atomic E-state index is 12.8. The normalized spacial score (nSPS) is 40.0. The fourth-order valence-electron chi connectivity index (χ4n) is 12.7. The number of benzene rings is 2. The highest BCUT2D eigenvalue weighted by Gasteiger charge is 2.74. The Bertz CT molecular complexity index is 1900. The Morgan fingerprint density at radius 1 is 0.731 bits per heavy atom. The zero-order valence-corrected chi connectivity index (χ0v) is 30.6.